The van der Waals surface area contributed by atoms with Crippen LogP contribution in [0, 0.1) is 0 Å². The van der Waals surface area contributed by atoms with Crippen molar-refractivity contribution in [1.82, 2.24) is 4.57 Å². The van der Waals surface area contributed by atoms with Crippen LogP contribution in [0.5, 0.6) is 0 Å². The zero-order valence-corrected chi connectivity index (χ0v) is 39.8. The number of aromatic nitrogens is 1. The molecule has 1 aliphatic heterocycles. The summed E-state index contributed by atoms with van der Waals surface area (Å²) in [5.41, 5.74) is 26.4. The van der Waals surface area contributed by atoms with Crippen molar-refractivity contribution in [3.05, 3.63) is 173 Å². The highest BCUT2D eigenvalue weighted by molar-refractivity contribution is 6.73. The summed E-state index contributed by atoms with van der Waals surface area (Å²) in [7, 11) is 0.820. The summed E-state index contributed by atoms with van der Waals surface area (Å²) in [5.74, 6) is 0. The van der Waals surface area contributed by atoms with Crippen LogP contribution in [0.4, 0.5) is 11.4 Å². The van der Waals surface area contributed by atoms with Crippen molar-refractivity contribution in [3.8, 4) is 39.1 Å². The van der Waals surface area contributed by atoms with Crippen molar-refractivity contribution in [2.24, 2.45) is 0 Å². The first-order valence-electron chi connectivity index (χ1n) is 23.9. The summed E-state index contributed by atoms with van der Waals surface area (Å²) in [6, 6.07) is 53.4. The second kappa shape index (κ2) is 13.0. The number of nitrogens with one attached hydrogen (secondary N) is 1. The zero-order valence-electron chi connectivity index (χ0n) is 39.8. The van der Waals surface area contributed by atoms with Crippen LogP contribution in [-0.2, 0) is 21.7 Å². The van der Waals surface area contributed by atoms with E-state index in [1.54, 1.807) is 0 Å². The fourth-order valence-electron chi connectivity index (χ4n) is 12.2. The van der Waals surface area contributed by atoms with Crippen LogP contribution in [0.25, 0.3) is 82.8 Å². The lowest BCUT2D eigenvalue weighted by Gasteiger charge is -2.27. The second-order valence-corrected chi connectivity index (χ2v) is 22.7. The van der Waals surface area contributed by atoms with E-state index in [1.807, 2.05) is 0 Å². The minimum absolute atomic E-state index is 0.00470. The number of anilines is 2. The number of hydrogen-bond acceptors (Lipinski definition) is 2. The molecule has 322 valence electrons. The van der Waals surface area contributed by atoms with Gasteiger partial charge in [0, 0.05) is 60.9 Å². The number of hydrogen-bond donors (Lipinski definition) is 1. The maximum Gasteiger partial charge on any atom is 0.198 e. The van der Waals surface area contributed by atoms with E-state index < -0.39 is 0 Å². The average molecular weight is 855 g/mol. The van der Waals surface area contributed by atoms with E-state index >= 15 is 0 Å². The normalized spacial score (nSPS) is 15.2. The van der Waals surface area contributed by atoms with E-state index in [0.29, 0.717) is 0 Å². The quantitative estimate of drug-likeness (QED) is 0.179. The molecule has 13 rings (SSSR count). The molecule has 0 atom stereocenters. The average Bonchev–Trinajstić information content (AvgIpc) is 3.95. The van der Waals surface area contributed by atoms with Crippen molar-refractivity contribution < 1.29 is 4.42 Å². The first-order chi connectivity index (χ1) is 31.5. The van der Waals surface area contributed by atoms with E-state index in [4.69, 9.17) is 4.42 Å². The number of furan rings is 1. The molecular formula is C62H55BN2O. The van der Waals surface area contributed by atoms with Crippen molar-refractivity contribution in [3.63, 3.8) is 0 Å². The van der Waals surface area contributed by atoms with Crippen LogP contribution in [0.2, 0.25) is 0 Å². The molecule has 3 aliphatic rings. The molecule has 0 bridgehead atoms. The van der Waals surface area contributed by atoms with Gasteiger partial charge in [-0.15, -0.1) is 0 Å². The third-order valence-electron chi connectivity index (χ3n) is 15.9. The topological polar surface area (TPSA) is 30.1 Å². The standard InChI is InChI=1S/C62H55BN2O/c1-59(2,3)34-19-22-36(23-20-34)64-52-33-56-46(45-27-35(60(4,5)6)21-26-55(45)66-56)29-43(52)39-24-25-40-44-28-41-37-15-11-13-17-47(37)61(7,8)49(41)31-53(44)65-54-32-50-42(30-51(54)63-57(39)58(40)65)38-16-12-14-18-48(38)62(50,9)10/h11-33,63-64H,1-10H3. The Hall–Kier alpha value is -6.78. The first-order valence-corrected chi connectivity index (χ1v) is 23.9. The van der Waals surface area contributed by atoms with Crippen molar-refractivity contribution in [2.75, 3.05) is 5.32 Å². The maximum absolute atomic E-state index is 6.72. The summed E-state index contributed by atoms with van der Waals surface area (Å²) < 4.78 is 9.37. The molecule has 2 aliphatic carbocycles. The Morgan fingerprint density at radius 3 is 1.77 bits per heavy atom. The van der Waals surface area contributed by atoms with Crippen LogP contribution in [0.15, 0.2) is 144 Å². The van der Waals surface area contributed by atoms with E-state index in [-0.39, 0.29) is 21.7 Å². The minimum Gasteiger partial charge on any atom is -0.456 e. The van der Waals surface area contributed by atoms with Gasteiger partial charge in [-0.1, -0.05) is 160 Å². The van der Waals surface area contributed by atoms with E-state index in [2.05, 4.69) is 219 Å². The summed E-state index contributed by atoms with van der Waals surface area (Å²) >= 11 is 0. The van der Waals surface area contributed by atoms with Gasteiger partial charge in [0.1, 0.15) is 11.2 Å². The maximum atomic E-state index is 6.72. The van der Waals surface area contributed by atoms with Gasteiger partial charge in [-0.3, -0.25) is 0 Å². The molecule has 66 heavy (non-hydrogen) atoms. The van der Waals surface area contributed by atoms with Gasteiger partial charge >= 0.3 is 0 Å². The number of benzene rings is 8. The molecule has 3 heterocycles. The Morgan fingerprint density at radius 2 is 1.09 bits per heavy atom. The Balaban J connectivity index is 1.11. The van der Waals surface area contributed by atoms with Gasteiger partial charge in [-0.25, -0.2) is 0 Å². The number of nitrogens with zero attached hydrogens (tertiary/aromatic N) is 1. The van der Waals surface area contributed by atoms with Crippen molar-refractivity contribution >= 4 is 73.3 Å². The summed E-state index contributed by atoms with van der Waals surface area (Å²) in [4.78, 5) is 0. The predicted molar refractivity (Wildman–Crippen MR) is 282 cm³/mol. The summed E-state index contributed by atoms with van der Waals surface area (Å²) in [5, 5.41) is 8.84. The summed E-state index contributed by atoms with van der Waals surface area (Å²) in [6.07, 6.45) is 0. The molecule has 0 spiro atoms. The summed E-state index contributed by atoms with van der Waals surface area (Å²) in [6.45, 7) is 23.3. The highest BCUT2D eigenvalue weighted by Gasteiger charge is 2.40. The monoisotopic (exact) mass is 854 g/mol. The van der Waals surface area contributed by atoms with E-state index in [9.17, 15) is 0 Å². The smallest absolute Gasteiger partial charge is 0.198 e. The number of fused-ring (bicyclic) bond motifs is 14. The van der Waals surface area contributed by atoms with Gasteiger partial charge in [0.2, 0.25) is 0 Å². The van der Waals surface area contributed by atoms with Crippen molar-refractivity contribution in [2.45, 2.75) is 90.9 Å². The second-order valence-electron chi connectivity index (χ2n) is 22.7. The molecule has 0 radical (unpaired) electrons. The van der Waals surface area contributed by atoms with Gasteiger partial charge in [0.05, 0.1) is 11.2 Å². The molecule has 8 aromatic carbocycles. The van der Waals surface area contributed by atoms with Crippen LogP contribution in [0.3, 0.4) is 0 Å². The number of rotatable bonds is 3. The van der Waals surface area contributed by atoms with Gasteiger partial charge in [-0.2, -0.15) is 0 Å². The molecule has 10 aromatic rings. The molecule has 0 saturated heterocycles. The Bertz CT molecular complexity index is 3770. The predicted octanol–water partition coefficient (Wildman–Crippen LogP) is 15.0. The molecule has 4 heteroatoms. The molecule has 0 saturated carbocycles. The largest absolute Gasteiger partial charge is 0.456 e. The minimum atomic E-state index is -0.120. The Labute approximate surface area is 388 Å². The third kappa shape index (κ3) is 5.39. The van der Waals surface area contributed by atoms with Crippen molar-refractivity contribution in [1.29, 1.82) is 0 Å². The van der Waals surface area contributed by atoms with Crippen LogP contribution in [0.1, 0.15) is 103 Å². The molecular weight excluding hydrogens is 800 g/mol. The first kappa shape index (κ1) is 39.6. The molecule has 3 nitrogen and oxygen atoms in total. The Kier molecular flexibility index (Phi) is 7.78. The van der Waals surface area contributed by atoms with Gasteiger partial charge in [-0.05, 0) is 126 Å². The lowest BCUT2D eigenvalue weighted by molar-refractivity contribution is 0.590. The van der Waals surface area contributed by atoms with Gasteiger partial charge < -0.3 is 14.3 Å². The van der Waals surface area contributed by atoms with E-state index in [0.717, 1.165) is 40.6 Å². The molecule has 2 aromatic heterocycles. The highest BCUT2D eigenvalue weighted by Crippen LogP contribution is 2.53. The van der Waals surface area contributed by atoms with Crippen LogP contribution in [-0.4, -0.2) is 11.8 Å². The van der Waals surface area contributed by atoms with Crippen LogP contribution >= 0.6 is 0 Å². The molecule has 0 unspecified atom stereocenters. The molecule has 1 N–H and O–H groups in total. The third-order valence-corrected chi connectivity index (χ3v) is 15.9. The van der Waals surface area contributed by atoms with Crippen LogP contribution < -0.4 is 16.2 Å². The fourth-order valence-corrected chi connectivity index (χ4v) is 12.2. The zero-order chi connectivity index (χ0) is 45.4. The lowest BCUT2D eigenvalue weighted by Crippen LogP contribution is -2.37. The lowest BCUT2D eigenvalue weighted by atomic mass is 9.58. The fraction of sp³-hybridized carbons (Fsp3) is 0.226. The highest BCUT2D eigenvalue weighted by atomic mass is 16.3. The molecule has 0 fully saturated rings. The van der Waals surface area contributed by atoms with Gasteiger partial charge in [0.25, 0.3) is 0 Å². The Morgan fingerprint density at radius 1 is 0.485 bits per heavy atom. The molecule has 0 amide bonds. The SMILES string of the molecule is CC(C)(C)c1ccc(Nc2cc3oc4ccc(C(C)(C)C)cc4c3cc2-c2ccc3c4cc5c(cc4n4c3c2Bc2cc3c(cc2-4)C(C)(C)c2ccccc2-3)C(C)(C)c2ccccc2-5)cc1. The van der Waals surface area contributed by atoms with Gasteiger partial charge in [0.15, 0.2) is 7.28 Å². The van der Waals surface area contributed by atoms with E-state index in [1.165, 1.54) is 105 Å².